The molecule has 6 rings (SSSR count). The number of benzene rings is 2. The summed E-state index contributed by atoms with van der Waals surface area (Å²) in [4.78, 5) is 15.9. The molecule has 2 aromatic carbocycles. The quantitative estimate of drug-likeness (QED) is 0.290. The second-order valence-electron chi connectivity index (χ2n) is 11.7. The summed E-state index contributed by atoms with van der Waals surface area (Å²) in [5.41, 5.74) is 2.57. The minimum absolute atomic E-state index is 0.282. The van der Waals surface area contributed by atoms with Crippen LogP contribution < -0.4 is 0 Å². The zero-order valence-electron chi connectivity index (χ0n) is 22.9. The Morgan fingerprint density at radius 2 is 1.13 bits per heavy atom. The van der Waals surface area contributed by atoms with E-state index in [-0.39, 0.29) is 5.56 Å². The first-order valence-corrected chi connectivity index (χ1v) is 20.2. The molecule has 0 unspecified atom stereocenters. The molecule has 1 heterocycles. The molecule has 1 aromatic heterocycles. The molecule has 0 bridgehead atoms. The molecule has 0 spiro atoms. The van der Waals surface area contributed by atoms with Crippen LogP contribution in [0.4, 0.5) is 0 Å². The van der Waals surface area contributed by atoms with Crippen LogP contribution in [0.25, 0.3) is 22.2 Å². The standard InChI is InChI=1S/C16H11NO2.3C6H11.Sn/c18-16(19)13-10-15(11-6-2-1-3-7-11)17-14-9-5-4-8-12(13)14;3*1-2-4-6-5-3-1;/h1-10H,(H,18,19);3*1H,2-6H2;. The van der Waals surface area contributed by atoms with Crippen molar-refractivity contribution in [3.8, 4) is 11.3 Å². The van der Waals surface area contributed by atoms with Crippen molar-refractivity contribution in [2.24, 2.45) is 0 Å². The first-order valence-electron chi connectivity index (χ1n) is 15.3. The van der Waals surface area contributed by atoms with Crippen LogP contribution in [-0.2, 0) is 0 Å². The van der Waals surface area contributed by atoms with E-state index in [0.717, 1.165) is 5.56 Å². The van der Waals surface area contributed by atoms with Gasteiger partial charge in [-0.15, -0.1) is 0 Å². The first kappa shape index (κ1) is 27.7. The summed E-state index contributed by atoms with van der Waals surface area (Å²) in [5.74, 6) is -0.934. The average Bonchev–Trinajstić information content (AvgIpc) is 2.99. The van der Waals surface area contributed by atoms with Crippen molar-refractivity contribution in [3.05, 3.63) is 66.2 Å². The van der Waals surface area contributed by atoms with E-state index in [1.807, 2.05) is 48.5 Å². The van der Waals surface area contributed by atoms with Crippen LogP contribution in [0.3, 0.4) is 0 Å². The molecular weight excluding hydrogens is 573 g/mol. The second-order valence-corrected chi connectivity index (χ2v) is 21.6. The van der Waals surface area contributed by atoms with Crippen molar-refractivity contribution in [1.29, 1.82) is 0 Å². The zero-order chi connectivity index (χ0) is 26.2. The molecule has 38 heavy (non-hydrogen) atoms. The van der Waals surface area contributed by atoms with Gasteiger partial charge in [0.15, 0.2) is 0 Å². The Morgan fingerprint density at radius 1 is 0.658 bits per heavy atom. The fraction of sp³-hybridized carbons (Fsp3) is 0.529. The molecule has 0 amide bonds. The molecule has 201 valence electrons. The number of carboxylic acids is 1. The molecule has 0 aliphatic heterocycles. The van der Waals surface area contributed by atoms with Crippen LogP contribution in [0, 0.1) is 0 Å². The first-order chi connectivity index (χ1) is 18.7. The van der Waals surface area contributed by atoms with Crippen molar-refractivity contribution in [2.75, 3.05) is 0 Å². The Bertz CT molecular complexity index is 1120. The molecule has 3 aromatic rings. The fourth-order valence-corrected chi connectivity index (χ4v) is 22.3. The van der Waals surface area contributed by atoms with Gasteiger partial charge < -0.3 is 5.11 Å². The van der Waals surface area contributed by atoms with Crippen LogP contribution in [-0.4, -0.2) is 35.8 Å². The van der Waals surface area contributed by atoms with E-state index in [0.29, 0.717) is 16.6 Å². The van der Waals surface area contributed by atoms with Crippen LogP contribution in [0.2, 0.25) is 11.8 Å². The Hall–Kier alpha value is -1.88. The van der Waals surface area contributed by atoms with Crippen molar-refractivity contribution in [2.45, 2.75) is 108 Å². The minimum atomic E-state index is -1.15. The maximum atomic E-state index is 11.4. The Balaban J connectivity index is 0.000000155. The number of aromatic carboxylic acids is 1. The molecule has 1 N–H and O–H groups in total. The molecule has 1 radical (unpaired) electrons. The van der Waals surface area contributed by atoms with E-state index < -0.39 is 25.7 Å². The Labute approximate surface area is 236 Å². The summed E-state index contributed by atoms with van der Waals surface area (Å²) >= 11 is -1.15. The van der Waals surface area contributed by atoms with Crippen LogP contribution in [0.15, 0.2) is 60.7 Å². The van der Waals surface area contributed by atoms with Crippen LogP contribution in [0.5, 0.6) is 0 Å². The molecule has 0 atom stereocenters. The number of carboxylic acid groups (broad SMARTS) is 1. The third-order valence-electron chi connectivity index (χ3n) is 9.25. The largest absolute Gasteiger partial charge is 0.478 e. The van der Waals surface area contributed by atoms with Gasteiger partial charge in [-0.2, -0.15) is 0 Å². The summed E-state index contributed by atoms with van der Waals surface area (Å²) < 4.78 is 3.96. The number of pyridine rings is 1. The van der Waals surface area contributed by atoms with Gasteiger partial charge in [0.2, 0.25) is 0 Å². The normalized spacial score (nSPS) is 19.7. The molecule has 0 saturated heterocycles. The van der Waals surface area contributed by atoms with Crippen LogP contribution >= 0.6 is 0 Å². The van der Waals surface area contributed by atoms with E-state index in [2.05, 4.69) is 4.98 Å². The Kier molecular flexibility index (Phi) is 10.2. The molecule has 3 fully saturated rings. The van der Waals surface area contributed by atoms with E-state index in [9.17, 15) is 9.90 Å². The topological polar surface area (TPSA) is 50.2 Å². The third-order valence-corrected chi connectivity index (χ3v) is 22.3. The molecule has 3 nitrogen and oxygen atoms in total. The molecular formula is C34H44NO2Sn. The number of nitrogens with zero attached hydrogens (tertiary/aromatic N) is 1. The smallest absolute Gasteiger partial charge is 0.336 e. The SMILES string of the molecule is C1CC[CH]([Sn]([CH]2CCCCC2)[CH]2CCCCC2)CC1.O=C(O)c1cc(-c2ccccc2)nc2ccccc12. The number of fused-ring (bicyclic) bond motifs is 1. The third kappa shape index (κ3) is 7.00. The Morgan fingerprint density at radius 3 is 1.63 bits per heavy atom. The zero-order valence-corrected chi connectivity index (χ0v) is 25.8. The van der Waals surface area contributed by atoms with Gasteiger partial charge in [0.25, 0.3) is 0 Å². The monoisotopic (exact) mass is 618 g/mol. The fourth-order valence-electron chi connectivity index (χ4n) is 7.42. The van der Waals surface area contributed by atoms with Crippen molar-refractivity contribution < 1.29 is 9.90 Å². The predicted molar refractivity (Wildman–Crippen MR) is 160 cm³/mol. The summed E-state index contributed by atoms with van der Waals surface area (Å²) in [6, 6.07) is 18.5. The van der Waals surface area contributed by atoms with E-state index in [4.69, 9.17) is 0 Å². The van der Waals surface area contributed by atoms with E-state index in [1.165, 1.54) is 11.8 Å². The second kappa shape index (κ2) is 14.0. The van der Waals surface area contributed by atoms with Gasteiger partial charge in [0.1, 0.15) is 0 Å². The minimum Gasteiger partial charge on any atom is -0.478 e. The van der Waals surface area contributed by atoms with Gasteiger partial charge in [-0.1, -0.05) is 48.5 Å². The number of rotatable bonds is 5. The molecule has 3 saturated carbocycles. The molecule has 3 aliphatic carbocycles. The number of aromatic nitrogens is 1. The number of hydrogen-bond donors (Lipinski definition) is 1. The maximum absolute atomic E-state index is 11.4. The average molecular weight is 617 g/mol. The summed E-state index contributed by atoms with van der Waals surface area (Å²) in [7, 11) is 0. The van der Waals surface area contributed by atoms with Gasteiger partial charge in [-0.3, -0.25) is 0 Å². The van der Waals surface area contributed by atoms with Gasteiger partial charge in [-0.25, -0.2) is 9.78 Å². The number of para-hydroxylation sites is 1. The van der Waals surface area contributed by atoms with Gasteiger partial charge in [-0.05, 0) is 12.1 Å². The molecule has 4 heteroatoms. The summed E-state index contributed by atoms with van der Waals surface area (Å²) in [5, 5.41) is 9.99. The number of carbonyl (C=O) groups is 1. The van der Waals surface area contributed by atoms with Gasteiger partial charge >= 0.3 is 134 Å². The van der Waals surface area contributed by atoms with E-state index in [1.54, 1.807) is 108 Å². The predicted octanol–water partition coefficient (Wildman–Crippen LogP) is 10.1. The van der Waals surface area contributed by atoms with Crippen molar-refractivity contribution >= 4 is 36.6 Å². The van der Waals surface area contributed by atoms with Gasteiger partial charge in [0.05, 0.1) is 16.8 Å². The maximum Gasteiger partial charge on any atom is 0.336 e. The van der Waals surface area contributed by atoms with Crippen LogP contribution in [0.1, 0.15) is 107 Å². The number of hydrogen-bond acceptors (Lipinski definition) is 2. The summed E-state index contributed by atoms with van der Waals surface area (Å²) in [6.45, 7) is 0. The molecule has 3 aliphatic rings. The van der Waals surface area contributed by atoms with Crippen molar-refractivity contribution in [1.82, 2.24) is 4.98 Å². The summed E-state index contributed by atoms with van der Waals surface area (Å²) in [6.07, 6.45) is 24.2. The van der Waals surface area contributed by atoms with E-state index >= 15 is 0 Å². The van der Waals surface area contributed by atoms with Crippen molar-refractivity contribution in [3.63, 3.8) is 0 Å². The van der Waals surface area contributed by atoms with Gasteiger partial charge in [0, 0.05) is 10.9 Å².